The number of nitrogens with zero attached hydrogens (tertiary/aromatic N) is 1. The fourth-order valence-electron chi connectivity index (χ4n) is 2.01. The molecule has 2 amide bonds. The van der Waals surface area contributed by atoms with E-state index in [2.05, 4.69) is 5.32 Å². The quantitative estimate of drug-likeness (QED) is 0.877. The maximum Gasteiger partial charge on any atom is 0.248 e. The van der Waals surface area contributed by atoms with E-state index in [4.69, 9.17) is 0 Å². The maximum absolute atomic E-state index is 12.0. The van der Waals surface area contributed by atoms with Crippen molar-refractivity contribution in [1.82, 2.24) is 0 Å². The molecule has 4 nitrogen and oxygen atoms in total. The summed E-state index contributed by atoms with van der Waals surface area (Å²) < 4.78 is 0. The van der Waals surface area contributed by atoms with Crippen LogP contribution in [-0.4, -0.2) is 18.9 Å². The smallest absolute Gasteiger partial charge is 0.248 e. The van der Waals surface area contributed by atoms with Crippen molar-refractivity contribution in [3.8, 4) is 0 Å². The second kappa shape index (κ2) is 7.40. The molecular formula is C19H20N2O2. The van der Waals surface area contributed by atoms with Gasteiger partial charge in [0.2, 0.25) is 11.8 Å². The van der Waals surface area contributed by atoms with Gasteiger partial charge in [-0.2, -0.15) is 0 Å². The van der Waals surface area contributed by atoms with E-state index >= 15 is 0 Å². The Labute approximate surface area is 136 Å². The molecule has 0 radical (unpaired) electrons. The Hall–Kier alpha value is -2.88. The average Bonchev–Trinajstić information content (AvgIpc) is 2.53. The Morgan fingerprint density at radius 3 is 2.43 bits per heavy atom. The molecule has 0 fully saturated rings. The Kier molecular flexibility index (Phi) is 5.31. The van der Waals surface area contributed by atoms with E-state index in [0.29, 0.717) is 5.69 Å². The van der Waals surface area contributed by atoms with Gasteiger partial charge < -0.3 is 10.2 Å². The monoisotopic (exact) mass is 308 g/mol. The molecule has 0 saturated carbocycles. The molecule has 0 aromatic heterocycles. The van der Waals surface area contributed by atoms with Crippen LogP contribution < -0.4 is 10.2 Å². The first-order valence-corrected chi connectivity index (χ1v) is 7.36. The summed E-state index contributed by atoms with van der Waals surface area (Å²) in [4.78, 5) is 24.9. The predicted octanol–water partition coefficient (Wildman–Crippen LogP) is 3.63. The second-order valence-corrected chi connectivity index (χ2v) is 5.36. The highest BCUT2D eigenvalue weighted by atomic mass is 16.2. The van der Waals surface area contributed by atoms with E-state index in [0.717, 1.165) is 11.3 Å². The molecule has 2 rings (SSSR count). The number of hydrogen-bond acceptors (Lipinski definition) is 2. The predicted molar refractivity (Wildman–Crippen MR) is 94.4 cm³/mol. The average molecular weight is 308 g/mol. The van der Waals surface area contributed by atoms with Crippen LogP contribution in [0, 0.1) is 6.92 Å². The van der Waals surface area contributed by atoms with Gasteiger partial charge in [0.15, 0.2) is 0 Å². The van der Waals surface area contributed by atoms with Crippen LogP contribution in [0.1, 0.15) is 18.1 Å². The summed E-state index contributed by atoms with van der Waals surface area (Å²) >= 11 is 0. The van der Waals surface area contributed by atoms with Crippen molar-refractivity contribution in [3.63, 3.8) is 0 Å². The van der Waals surface area contributed by atoms with Gasteiger partial charge in [0.1, 0.15) is 0 Å². The first kappa shape index (κ1) is 16.5. The minimum absolute atomic E-state index is 0.0623. The van der Waals surface area contributed by atoms with E-state index in [1.54, 1.807) is 31.3 Å². The molecule has 0 aliphatic heterocycles. The largest absolute Gasteiger partial charge is 0.322 e. The molecule has 0 atom stereocenters. The highest BCUT2D eigenvalue weighted by molar-refractivity contribution is 6.02. The van der Waals surface area contributed by atoms with Crippen molar-refractivity contribution in [2.45, 2.75) is 13.8 Å². The van der Waals surface area contributed by atoms with Gasteiger partial charge in [-0.05, 0) is 36.8 Å². The zero-order valence-corrected chi connectivity index (χ0v) is 13.5. The molecule has 23 heavy (non-hydrogen) atoms. The number of carbonyl (C=O) groups is 2. The van der Waals surface area contributed by atoms with E-state index in [1.165, 1.54) is 23.5 Å². The molecule has 1 N–H and O–H groups in total. The maximum atomic E-state index is 12.0. The van der Waals surface area contributed by atoms with Crippen molar-refractivity contribution in [2.24, 2.45) is 0 Å². The first-order chi connectivity index (χ1) is 11.0. The van der Waals surface area contributed by atoms with E-state index in [-0.39, 0.29) is 11.8 Å². The zero-order chi connectivity index (χ0) is 16.8. The van der Waals surface area contributed by atoms with Gasteiger partial charge in [-0.1, -0.05) is 35.9 Å². The van der Waals surface area contributed by atoms with Crippen LogP contribution in [0.3, 0.4) is 0 Å². The van der Waals surface area contributed by atoms with Crippen LogP contribution in [0.2, 0.25) is 0 Å². The minimum atomic E-state index is -0.215. The number of anilines is 2. The van der Waals surface area contributed by atoms with Crippen molar-refractivity contribution in [2.75, 3.05) is 17.3 Å². The Morgan fingerprint density at radius 1 is 1.09 bits per heavy atom. The van der Waals surface area contributed by atoms with Crippen LogP contribution >= 0.6 is 0 Å². The normalized spacial score (nSPS) is 10.6. The lowest BCUT2D eigenvalue weighted by molar-refractivity contribution is -0.116. The van der Waals surface area contributed by atoms with Gasteiger partial charge in [0.25, 0.3) is 0 Å². The van der Waals surface area contributed by atoms with Gasteiger partial charge >= 0.3 is 0 Å². The molecule has 0 unspecified atom stereocenters. The number of hydrogen-bond donors (Lipinski definition) is 1. The highest BCUT2D eigenvalue weighted by Crippen LogP contribution is 2.18. The lowest BCUT2D eigenvalue weighted by atomic mass is 10.1. The van der Waals surface area contributed by atoms with Crippen LogP contribution in [-0.2, 0) is 9.59 Å². The van der Waals surface area contributed by atoms with E-state index in [1.807, 2.05) is 37.3 Å². The van der Waals surface area contributed by atoms with Gasteiger partial charge in [0, 0.05) is 31.4 Å². The Balaban J connectivity index is 2.04. The molecule has 0 aliphatic carbocycles. The summed E-state index contributed by atoms with van der Waals surface area (Å²) in [5, 5.41) is 2.79. The molecule has 0 spiro atoms. The SMILES string of the molecule is CC(=O)N(C)c1cccc(NC(=O)/C=C/c2ccc(C)cc2)c1. The standard InChI is InChI=1S/C19H20N2O2/c1-14-7-9-16(10-8-14)11-12-19(23)20-17-5-4-6-18(13-17)21(3)15(2)22/h4-13H,1-3H3,(H,20,23)/b12-11+. The Morgan fingerprint density at radius 2 is 1.78 bits per heavy atom. The van der Waals surface area contributed by atoms with Crippen molar-refractivity contribution in [3.05, 3.63) is 65.7 Å². The molecule has 0 saturated heterocycles. The van der Waals surface area contributed by atoms with Crippen LogP contribution in [0.15, 0.2) is 54.6 Å². The topological polar surface area (TPSA) is 49.4 Å². The van der Waals surface area contributed by atoms with E-state index < -0.39 is 0 Å². The van der Waals surface area contributed by atoms with Crippen LogP contribution in [0.5, 0.6) is 0 Å². The zero-order valence-electron chi connectivity index (χ0n) is 13.5. The minimum Gasteiger partial charge on any atom is -0.322 e. The lowest BCUT2D eigenvalue weighted by Gasteiger charge is -2.15. The summed E-state index contributed by atoms with van der Waals surface area (Å²) in [5.41, 5.74) is 3.53. The molecule has 118 valence electrons. The summed E-state index contributed by atoms with van der Waals surface area (Å²) in [6.07, 6.45) is 3.26. The van der Waals surface area contributed by atoms with Crippen LogP contribution in [0.4, 0.5) is 11.4 Å². The summed E-state index contributed by atoms with van der Waals surface area (Å²) in [6, 6.07) is 15.1. The van der Waals surface area contributed by atoms with Gasteiger partial charge in [0.05, 0.1) is 0 Å². The Bertz CT molecular complexity index is 733. The van der Waals surface area contributed by atoms with Crippen molar-refractivity contribution in [1.29, 1.82) is 0 Å². The van der Waals surface area contributed by atoms with Crippen LogP contribution in [0.25, 0.3) is 6.08 Å². The third-order valence-corrected chi connectivity index (χ3v) is 3.48. The molecule has 0 heterocycles. The molecule has 2 aromatic rings. The number of carbonyl (C=O) groups excluding carboxylic acids is 2. The van der Waals surface area contributed by atoms with Gasteiger partial charge in [-0.25, -0.2) is 0 Å². The lowest BCUT2D eigenvalue weighted by Crippen LogP contribution is -2.22. The number of benzene rings is 2. The summed E-state index contributed by atoms with van der Waals surface area (Å²) in [5.74, 6) is -0.277. The highest BCUT2D eigenvalue weighted by Gasteiger charge is 2.06. The third kappa shape index (κ3) is 4.81. The van der Waals surface area contributed by atoms with Crippen molar-refractivity contribution >= 4 is 29.3 Å². The fraction of sp³-hybridized carbons (Fsp3) is 0.158. The molecular weight excluding hydrogens is 288 g/mol. The van der Waals surface area contributed by atoms with E-state index in [9.17, 15) is 9.59 Å². The van der Waals surface area contributed by atoms with Crippen molar-refractivity contribution < 1.29 is 9.59 Å². The molecule has 2 aromatic carbocycles. The molecule has 0 aliphatic rings. The molecule has 4 heteroatoms. The number of aryl methyl sites for hydroxylation is 1. The number of amides is 2. The summed E-state index contributed by atoms with van der Waals surface area (Å²) in [7, 11) is 1.70. The van der Waals surface area contributed by atoms with Gasteiger partial charge in [-0.3, -0.25) is 9.59 Å². The summed E-state index contributed by atoms with van der Waals surface area (Å²) in [6.45, 7) is 3.51. The third-order valence-electron chi connectivity index (χ3n) is 3.48. The number of nitrogens with one attached hydrogen (secondary N) is 1. The first-order valence-electron chi connectivity index (χ1n) is 7.36. The second-order valence-electron chi connectivity index (χ2n) is 5.36. The fourth-order valence-corrected chi connectivity index (χ4v) is 2.01. The molecule has 0 bridgehead atoms. The van der Waals surface area contributed by atoms with Gasteiger partial charge in [-0.15, -0.1) is 0 Å². The number of rotatable bonds is 4.